The number of hydrogen-bond donors (Lipinski definition) is 1. The van der Waals surface area contributed by atoms with E-state index in [1.807, 2.05) is 12.1 Å². The monoisotopic (exact) mass is 293 g/mol. The zero-order chi connectivity index (χ0) is 14.9. The van der Waals surface area contributed by atoms with E-state index in [-0.39, 0.29) is 5.82 Å². The smallest absolute Gasteiger partial charge is 0.134 e. The Balaban J connectivity index is 1.72. The molecule has 0 radical (unpaired) electrons. The van der Waals surface area contributed by atoms with Crippen LogP contribution in [0.4, 0.5) is 4.39 Å². The van der Waals surface area contributed by atoms with Gasteiger partial charge in [0.05, 0.1) is 26.4 Å². The minimum Gasteiger partial charge on any atom is -0.460 e. The van der Waals surface area contributed by atoms with Crippen LogP contribution in [0.3, 0.4) is 0 Å². The number of ether oxygens (including phenoxy) is 2. The van der Waals surface area contributed by atoms with E-state index in [1.165, 1.54) is 12.1 Å². The van der Waals surface area contributed by atoms with Crippen LogP contribution in [0.1, 0.15) is 5.76 Å². The van der Waals surface area contributed by atoms with E-state index in [0.717, 1.165) is 23.6 Å². The Kier molecular flexibility index (Phi) is 6.40. The summed E-state index contributed by atoms with van der Waals surface area (Å²) in [6.45, 7) is 3.23. The van der Waals surface area contributed by atoms with E-state index in [9.17, 15) is 4.39 Å². The summed E-state index contributed by atoms with van der Waals surface area (Å²) in [5.41, 5.74) is 0.866. The molecule has 0 aliphatic rings. The normalized spacial score (nSPS) is 11.0. The molecule has 5 heteroatoms. The average Bonchev–Trinajstić information content (AvgIpc) is 2.96. The molecule has 0 saturated heterocycles. The van der Waals surface area contributed by atoms with Crippen LogP contribution in [-0.4, -0.2) is 33.5 Å². The largest absolute Gasteiger partial charge is 0.460 e. The Bertz CT molecular complexity index is 525. The zero-order valence-corrected chi connectivity index (χ0v) is 12.1. The SMILES string of the molecule is COCCOCCNCc1ccc(-c2ccc(F)cc2)o1. The molecule has 0 atom stereocenters. The summed E-state index contributed by atoms with van der Waals surface area (Å²) in [5.74, 6) is 1.33. The highest BCUT2D eigenvalue weighted by atomic mass is 19.1. The Morgan fingerprint density at radius 1 is 1.05 bits per heavy atom. The van der Waals surface area contributed by atoms with Gasteiger partial charge in [0.1, 0.15) is 17.3 Å². The van der Waals surface area contributed by atoms with Crippen molar-refractivity contribution in [3.05, 3.63) is 48.0 Å². The number of methoxy groups -OCH3 is 1. The van der Waals surface area contributed by atoms with Gasteiger partial charge in [-0.2, -0.15) is 0 Å². The van der Waals surface area contributed by atoms with Crippen LogP contribution in [0.2, 0.25) is 0 Å². The van der Waals surface area contributed by atoms with Crippen molar-refractivity contribution >= 4 is 0 Å². The molecule has 0 amide bonds. The maximum absolute atomic E-state index is 12.9. The molecule has 2 rings (SSSR count). The highest BCUT2D eigenvalue weighted by molar-refractivity contribution is 5.57. The van der Waals surface area contributed by atoms with Gasteiger partial charge in [0, 0.05) is 19.2 Å². The molecule has 1 aromatic heterocycles. The third-order valence-corrected chi connectivity index (χ3v) is 2.94. The van der Waals surface area contributed by atoms with Gasteiger partial charge in [-0.1, -0.05) is 0 Å². The molecule has 0 spiro atoms. The van der Waals surface area contributed by atoms with Gasteiger partial charge in [-0.25, -0.2) is 4.39 Å². The lowest BCUT2D eigenvalue weighted by atomic mass is 10.2. The predicted octanol–water partition coefficient (Wildman–Crippen LogP) is 2.84. The van der Waals surface area contributed by atoms with Crippen molar-refractivity contribution in [2.24, 2.45) is 0 Å². The number of hydrogen-bond acceptors (Lipinski definition) is 4. The Labute approximate surface area is 123 Å². The van der Waals surface area contributed by atoms with Crippen molar-refractivity contribution in [1.82, 2.24) is 5.32 Å². The fraction of sp³-hybridized carbons (Fsp3) is 0.375. The van der Waals surface area contributed by atoms with Crippen molar-refractivity contribution in [3.8, 4) is 11.3 Å². The van der Waals surface area contributed by atoms with Gasteiger partial charge < -0.3 is 19.2 Å². The van der Waals surface area contributed by atoms with Crippen LogP contribution in [0.25, 0.3) is 11.3 Å². The summed E-state index contributed by atoms with van der Waals surface area (Å²) in [6.07, 6.45) is 0. The van der Waals surface area contributed by atoms with Crippen LogP contribution in [0.5, 0.6) is 0 Å². The first kappa shape index (κ1) is 15.7. The van der Waals surface area contributed by atoms with Gasteiger partial charge in [-0.3, -0.25) is 0 Å². The van der Waals surface area contributed by atoms with Gasteiger partial charge in [-0.15, -0.1) is 0 Å². The van der Waals surface area contributed by atoms with E-state index in [1.54, 1.807) is 19.2 Å². The second-order valence-electron chi connectivity index (χ2n) is 4.55. The lowest BCUT2D eigenvalue weighted by Gasteiger charge is -2.04. The van der Waals surface area contributed by atoms with Gasteiger partial charge in [0.15, 0.2) is 0 Å². The lowest BCUT2D eigenvalue weighted by Crippen LogP contribution is -2.19. The molecule has 21 heavy (non-hydrogen) atoms. The quantitative estimate of drug-likeness (QED) is 0.722. The third-order valence-electron chi connectivity index (χ3n) is 2.94. The predicted molar refractivity (Wildman–Crippen MR) is 78.5 cm³/mol. The van der Waals surface area contributed by atoms with Crippen molar-refractivity contribution in [3.63, 3.8) is 0 Å². The molecule has 0 aliphatic heterocycles. The fourth-order valence-electron chi connectivity index (χ4n) is 1.84. The number of halogens is 1. The van der Waals surface area contributed by atoms with Crippen molar-refractivity contribution in [2.45, 2.75) is 6.54 Å². The van der Waals surface area contributed by atoms with E-state index >= 15 is 0 Å². The molecular weight excluding hydrogens is 273 g/mol. The fourth-order valence-corrected chi connectivity index (χ4v) is 1.84. The van der Waals surface area contributed by atoms with Crippen LogP contribution < -0.4 is 5.32 Å². The summed E-state index contributed by atoms with van der Waals surface area (Å²) in [7, 11) is 1.65. The van der Waals surface area contributed by atoms with Gasteiger partial charge >= 0.3 is 0 Å². The molecule has 1 N–H and O–H groups in total. The average molecular weight is 293 g/mol. The highest BCUT2D eigenvalue weighted by Crippen LogP contribution is 2.22. The second-order valence-corrected chi connectivity index (χ2v) is 4.55. The van der Waals surface area contributed by atoms with Gasteiger partial charge in [-0.05, 0) is 36.4 Å². The maximum atomic E-state index is 12.9. The minimum absolute atomic E-state index is 0.249. The molecule has 1 heterocycles. The van der Waals surface area contributed by atoms with Crippen molar-refractivity contribution in [1.29, 1.82) is 0 Å². The maximum Gasteiger partial charge on any atom is 0.134 e. The third kappa shape index (κ3) is 5.30. The Morgan fingerprint density at radius 3 is 2.62 bits per heavy atom. The molecule has 4 nitrogen and oxygen atoms in total. The van der Waals surface area contributed by atoms with Crippen molar-refractivity contribution < 1.29 is 18.3 Å². The molecule has 1 aromatic carbocycles. The minimum atomic E-state index is -0.249. The van der Waals surface area contributed by atoms with E-state index in [2.05, 4.69) is 5.32 Å². The Morgan fingerprint density at radius 2 is 1.86 bits per heavy atom. The second kappa shape index (κ2) is 8.56. The summed E-state index contributed by atoms with van der Waals surface area (Å²) in [5, 5.41) is 3.23. The highest BCUT2D eigenvalue weighted by Gasteiger charge is 2.04. The molecule has 0 saturated carbocycles. The molecule has 114 valence electrons. The first-order chi connectivity index (χ1) is 10.3. The van der Waals surface area contributed by atoms with Gasteiger partial charge in [0.2, 0.25) is 0 Å². The van der Waals surface area contributed by atoms with Crippen LogP contribution in [0, 0.1) is 5.82 Å². The molecular formula is C16H20FNO3. The van der Waals surface area contributed by atoms with Crippen LogP contribution in [0.15, 0.2) is 40.8 Å². The molecule has 0 aliphatic carbocycles. The molecule has 0 unspecified atom stereocenters. The Hall–Kier alpha value is -1.69. The van der Waals surface area contributed by atoms with E-state index < -0.39 is 0 Å². The van der Waals surface area contributed by atoms with E-state index in [0.29, 0.717) is 26.4 Å². The molecule has 0 bridgehead atoms. The summed E-state index contributed by atoms with van der Waals surface area (Å²) in [4.78, 5) is 0. The molecule has 2 aromatic rings. The first-order valence-electron chi connectivity index (χ1n) is 6.91. The topological polar surface area (TPSA) is 43.6 Å². The van der Waals surface area contributed by atoms with Gasteiger partial charge in [0.25, 0.3) is 0 Å². The summed E-state index contributed by atoms with van der Waals surface area (Å²) >= 11 is 0. The van der Waals surface area contributed by atoms with Crippen molar-refractivity contribution in [2.75, 3.05) is 33.5 Å². The number of benzene rings is 1. The number of rotatable bonds is 9. The standard InChI is InChI=1S/C16H20FNO3/c1-19-10-11-20-9-8-18-12-15-6-7-16(21-15)13-2-4-14(17)5-3-13/h2-7,18H,8-12H2,1H3. The number of nitrogens with one attached hydrogen (secondary N) is 1. The molecule has 0 fully saturated rings. The number of furan rings is 1. The van der Waals surface area contributed by atoms with E-state index in [4.69, 9.17) is 13.9 Å². The lowest BCUT2D eigenvalue weighted by molar-refractivity contribution is 0.0717. The summed E-state index contributed by atoms with van der Waals surface area (Å²) in [6, 6.07) is 10.1. The van der Waals surface area contributed by atoms with Crippen LogP contribution >= 0.6 is 0 Å². The zero-order valence-electron chi connectivity index (χ0n) is 12.1. The summed E-state index contributed by atoms with van der Waals surface area (Å²) < 4.78 is 28.8. The first-order valence-corrected chi connectivity index (χ1v) is 6.91. The van der Waals surface area contributed by atoms with Crippen LogP contribution in [-0.2, 0) is 16.0 Å².